The molecule has 0 rings (SSSR count). The Bertz CT molecular complexity index is 1290. The van der Waals surface area contributed by atoms with Crippen molar-refractivity contribution in [1.29, 1.82) is 0 Å². The number of ether oxygens (including phenoxy) is 4. The summed E-state index contributed by atoms with van der Waals surface area (Å²) in [4.78, 5) is 37.3. The highest BCUT2D eigenvalue weighted by molar-refractivity contribution is 5.71. The largest absolute Gasteiger partial charge is 0.477 e. The maximum absolute atomic E-state index is 12.8. The van der Waals surface area contributed by atoms with Gasteiger partial charge >= 0.3 is 17.9 Å². The van der Waals surface area contributed by atoms with Crippen LogP contribution in [0.3, 0.4) is 0 Å². The smallest absolute Gasteiger partial charge is 0.361 e. The van der Waals surface area contributed by atoms with E-state index in [1.54, 1.807) is 0 Å². The molecule has 0 saturated heterocycles. The second-order valence-corrected chi connectivity index (χ2v) is 18.4. The molecule has 9 heteroatoms. The first-order valence-electron chi connectivity index (χ1n) is 26.1. The number of carbonyl (C=O) groups excluding carboxylic acids is 2. The van der Waals surface area contributed by atoms with Gasteiger partial charge in [-0.2, -0.15) is 0 Å². The van der Waals surface area contributed by atoms with Crippen LogP contribution in [0.5, 0.6) is 0 Å². The first-order chi connectivity index (χ1) is 31.6. The lowest BCUT2D eigenvalue weighted by atomic mass is 10.1. The standard InChI is InChI=1S/C56H97NO8/c1-6-8-10-12-14-16-18-20-22-24-26-27-29-31-33-35-37-39-41-43-45-47-54(59)65-52(51-64-56(55(60)61)62-49-48-57(3,4)5)50-63-53(58)46-44-42-40-38-36-34-32-30-28-25-23-21-19-17-15-13-11-9-7-2/h8,10,14-17,20-23,26-27,52,56H,6-7,9,11-13,18-19,24-25,28-51H2,1-5H3/p+1/b10-8-,16-14-,17-15-,22-20-,23-21-,27-26-. The molecule has 0 aliphatic rings. The van der Waals surface area contributed by atoms with Gasteiger partial charge in [0.15, 0.2) is 6.10 Å². The molecule has 0 saturated carbocycles. The lowest BCUT2D eigenvalue weighted by molar-refractivity contribution is -0.870. The van der Waals surface area contributed by atoms with Crippen LogP contribution in [-0.4, -0.2) is 87.4 Å². The van der Waals surface area contributed by atoms with E-state index in [9.17, 15) is 19.5 Å². The molecule has 0 aliphatic heterocycles. The van der Waals surface area contributed by atoms with Crippen LogP contribution < -0.4 is 0 Å². The third-order valence-corrected chi connectivity index (χ3v) is 10.9. The van der Waals surface area contributed by atoms with Gasteiger partial charge in [0.05, 0.1) is 34.4 Å². The van der Waals surface area contributed by atoms with Crippen molar-refractivity contribution in [3.05, 3.63) is 72.9 Å². The quantitative estimate of drug-likeness (QED) is 0.0211. The number of likely N-dealkylation sites (N-methyl/N-ethyl adjacent to an activating group) is 1. The summed E-state index contributed by atoms with van der Waals surface area (Å²) in [6, 6.07) is 0. The van der Waals surface area contributed by atoms with Gasteiger partial charge in [0, 0.05) is 12.8 Å². The molecule has 0 heterocycles. The molecule has 0 aromatic heterocycles. The van der Waals surface area contributed by atoms with Gasteiger partial charge in [0.25, 0.3) is 6.29 Å². The van der Waals surface area contributed by atoms with Crippen molar-refractivity contribution in [2.75, 3.05) is 47.5 Å². The van der Waals surface area contributed by atoms with Crippen molar-refractivity contribution in [3.8, 4) is 0 Å². The minimum absolute atomic E-state index is 0.182. The number of allylic oxidation sites excluding steroid dienone is 12. The zero-order valence-electron chi connectivity index (χ0n) is 42.4. The van der Waals surface area contributed by atoms with Crippen LogP contribution in [0.25, 0.3) is 0 Å². The number of carboxylic acids is 1. The Morgan fingerprint density at radius 1 is 0.477 bits per heavy atom. The molecule has 1 N–H and O–H groups in total. The topological polar surface area (TPSA) is 108 Å². The molecule has 0 amide bonds. The highest BCUT2D eigenvalue weighted by Crippen LogP contribution is 2.15. The molecule has 0 spiro atoms. The van der Waals surface area contributed by atoms with E-state index in [4.69, 9.17) is 18.9 Å². The van der Waals surface area contributed by atoms with E-state index in [-0.39, 0.29) is 32.2 Å². The fraction of sp³-hybridized carbons (Fsp3) is 0.732. The Labute approximate surface area is 398 Å². The molecule has 2 unspecified atom stereocenters. The van der Waals surface area contributed by atoms with E-state index >= 15 is 0 Å². The van der Waals surface area contributed by atoms with Crippen LogP contribution in [0, 0.1) is 0 Å². The van der Waals surface area contributed by atoms with Gasteiger partial charge in [0.2, 0.25) is 0 Å². The van der Waals surface area contributed by atoms with Crippen LogP contribution >= 0.6 is 0 Å². The molecule has 0 aliphatic carbocycles. The van der Waals surface area contributed by atoms with Crippen LogP contribution in [0.15, 0.2) is 72.9 Å². The molecule has 0 bridgehead atoms. The molecule has 2 atom stereocenters. The molecule has 9 nitrogen and oxygen atoms in total. The Morgan fingerprint density at radius 3 is 1.31 bits per heavy atom. The summed E-state index contributed by atoms with van der Waals surface area (Å²) >= 11 is 0. The van der Waals surface area contributed by atoms with Gasteiger partial charge in [-0.25, -0.2) is 4.79 Å². The second kappa shape index (κ2) is 47.2. The Hall–Kier alpha value is -3.27. The number of nitrogens with zero attached hydrogens (tertiary/aromatic N) is 1. The molecule has 0 aromatic rings. The van der Waals surface area contributed by atoms with Crippen LogP contribution in [0.4, 0.5) is 0 Å². The number of hydrogen-bond acceptors (Lipinski definition) is 7. The number of unbranched alkanes of at least 4 members (excludes halogenated alkanes) is 20. The zero-order valence-corrected chi connectivity index (χ0v) is 42.4. The van der Waals surface area contributed by atoms with Crippen molar-refractivity contribution in [1.82, 2.24) is 0 Å². The Balaban J connectivity index is 4.36. The zero-order chi connectivity index (χ0) is 47.7. The SMILES string of the molecule is CC/C=C\C/C=C\C/C=C\C/C=C\CCCCCCCCCCC(=O)OC(COC(=O)CCCCCCCCCCC/C=C\C/C=C\CCCCC)COC(OCC[N+](C)(C)C)C(=O)O. The van der Waals surface area contributed by atoms with Crippen molar-refractivity contribution in [3.63, 3.8) is 0 Å². The van der Waals surface area contributed by atoms with Crippen molar-refractivity contribution in [2.24, 2.45) is 0 Å². The fourth-order valence-corrected chi connectivity index (χ4v) is 6.92. The summed E-state index contributed by atoms with van der Waals surface area (Å²) in [5, 5.41) is 9.68. The fourth-order valence-electron chi connectivity index (χ4n) is 6.92. The molecule has 374 valence electrons. The average molecular weight is 913 g/mol. The minimum Gasteiger partial charge on any atom is -0.477 e. The molecular weight excluding hydrogens is 815 g/mol. The number of rotatable bonds is 47. The van der Waals surface area contributed by atoms with E-state index in [1.807, 2.05) is 21.1 Å². The maximum atomic E-state index is 12.8. The van der Waals surface area contributed by atoms with Gasteiger partial charge in [0.1, 0.15) is 13.2 Å². The van der Waals surface area contributed by atoms with Gasteiger partial charge in [-0.15, -0.1) is 0 Å². The molecule has 0 aromatic carbocycles. The third kappa shape index (κ3) is 48.5. The summed E-state index contributed by atoms with van der Waals surface area (Å²) in [7, 11) is 5.95. The summed E-state index contributed by atoms with van der Waals surface area (Å²) in [5.41, 5.74) is 0. The van der Waals surface area contributed by atoms with Crippen LogP contribution in [0.2, 0.25) is 0 Å². The first kappa shape index (κ1) is 61.7. The predicted octanol–water partition coefficient (Wildman–Crippen LogP) is 14.7. The van der Waals surface area contributed by atoms with Crippen LogP contribution in [-0.2, 0) is 33.3 Å². The van der Waals surface area contributed by atoms with E-state index in [0.29, 0.717) is 23.9 Å². The Morgan fingerprint density at radius 2 is 0.877 bits per heavy atom. The van der Waals surface area contributed by atoms with Crippen molar-refractivity contribution < 1.29 is 42.9 Å². The summed E-state index contributed by atoms with van der Waals surface area (Å²) in [5.74, 6) is -2.03. The summed E-state index contributed by atoms with van der Waals surface area (Å²) in [6.07, 6.45) is 56.7. The number of quaternary nitrogens is 1. The van der Waals surface area contributed by atoms with Crippen molar-refractivity contribution >= 4 is 17.9 Å². The van der Waals surface area contributed by atoms with Gasteiger partial charge in [-0.1, -0.05) is 183 Å². The molecule has 65 heavy (non-hydrogen) atoms. The Kier molecular flexibility index (Phi) is 44.9. The molecule has 0 fully saturated rings. The predicted molar refractivity (Wildman–Crippen MR) is 272 cm³/mol. The number of carbonyl (C=O) groups is 3. The maximum Gasteiger partial charge on any atom is 0.361 e. The number of aliphatic carboxylic acids is 1. The average Bonchev–Trinajstić information content (AvgIpc) is 3.27. The monoisotopic (exact) mass is 913 g/mol. The number of carboxylic acid groups (broad SMARTS) is 1. The van der Waals surface area contributed by atoms with Crippen molar-refractivity contribution in [2.45, 2.75) is 219 Å². The highest BCUT2D eigenvalue weighted by atomic mass is 16.7. The lowest BCUT2D eigenvalue weighted by Gasteiger charge is -2.25. The highest BCUT2D eigenvalue weighted by Gasteiger charge is 2.25. The third-order valence-electron chi connectivity index (χ3n) is 10.9. The molecular formula is C56H98NO8+. The molecule has 0 radical (unpaired) electrons. The lowest BCUT2D eigenvalue weighted by Crippen LogP contribution is -2.40. The first-order valence-corrected chi connectivity index (χ1v) is 26.1. The van der Waals surface area contributed by atoms with Gasteiger partial charge in [-0.3, -0.25) is 9.59 Å². The second-order valence-electron chi connectivity index (χ2n) is 18.4. The van der Waals surface area contributed by atoms with Crippen LogP contribution in [0.1, 0.15) is 206 Å². The van der Waals surface area contributed by atoms with E-state index in [2.05, 4.69) is 86.8 Å². The number of esters is 2. The van der Waals surface area contributed by atoms with E-state index in [0.717, 1.165) is 77.0 Å². The summed E-state index contributed by atoms with van der Waals surface area (Å²) in [6.45, 7) is 4.72. The number of hydrogen-bond donors (Lipinski definition) is 1. The minimum atomic E-state index is -1.52. The van der Waals surface area contributed by atoms with E-state index < -0.39 is 24.3 Å². The van der Waals surface area contributed by atoms with Gasteiger partial charge in [-0.05, 0) is 83.5 Å². The van der Waals surface area contributed by atoms with Gasteiger partial charge < -0.3 is 28.5 Å². The van der Waals surface area contributed by atoms with E-state index in [1.165, 1.54) is 96.3 Å². The normalized spacial score (nSPS) is 13.4. The summed E-state index contributed by atoms with van der Waals surface area (Å²) < 4.78 is 22.8.